The number of nitrogens with zero attached hydrogens (tertiary/aromatic N) is 3. The first-order chi connectivity index (χ1) is 20.9. The van der Waals surface area contributed by atoms with Gasteiger partial charge in [0.15, 0.2) is 0 Å². The van der Waals surface area contributed by atoms with E-state index in [1.54, 1.807) is 18.2 Å². The number of carbonyl (C=O) groups excluding carboxylic acids is 2. The first kappa shape index (κ1) is 27.8. The van der Waals surface area contributed by atoms with Crippen LogP contribution in [0.15, 0.2) is 81.7 Å². The van der Waals surface area contributed by atoms with Crippen molar-refractivity contribution in [2.24, 2.45) is 15.0 Å². The van der Waals surface area contributed by atoms with Crippen molar-refractivity contribution < 1.29 is 9.59 Å². The summed E-state index contributed by atoms with van der Waals surface area (Å²) in [6.45, 7) is 6.91. The van der Waals surface area contributed by atoms with Crippen LogP contribution in [0.3, 0.4) is 0 Å². The molecule has 3 aliphatic rings. The minimum Gasteiger partial charge on any atom is -0.368 e. The third-order valence-electron chi connectivity index (χ3n) is 7.06. The Morgan fingerprint density at radius 2 is 1.23 bits per heavy atom. The van der Waals surface area contributed by atoms with Gasteiger partial charge in [0.25, 0.3) is 0 Å². The second-order valence-electron chi connectivity index (χ2n) is 10.7. The third-order valence-corrected chi connectivity index (χ3v) is 7.06. The van der Waals surface area contributed by atoms with E-state index in [2.05, 4.69) is 66.0 Å². The maximum absolute atomic E-state index is 13.0. The molecule has 0 bridgehead atoms. The zero-order chi connectivity index (χ0) is 29.8. The molecule has 0 aliphatic carbocycles. The molecule has 7 N–H and O–H groups in total. The number of nitrogens with one attached hydrogen (secondary N) is 7. The fourth-order valence-electron chi connectivity index (χ4n) is 5.03. The van der Waals surface area contributed by atoms with Crippen molar-refractivity contribution in [2.45, 2.75) is 25.9 Å². The van der Waals surface area contributed by atoms with E-state index in [-0.39, 0.29) is 12.1 Å². The van der Waals surface area contributed by atoms with Crippen LogP contribution in [0, 0.1) is 0 Å². The highest BCUT2D eigenvalue weighted by atomic mass is 16.2. The van der Waals surface area contributed by atoms with Gasteiger partial charge in [0.2, 0.25) is 0 Å². The number of benzene rings is 3. The predicted molar refractivity (Wildman–Crippen MR) is 172 cm³/mol. The molecule has 0 radical (unpaired) electrons. The highest BCUT2D eigenvalue weighted by Crippen LogP contribution is 2.23. The van der Waals surface area contributed by atoms with E-state index in [9.17, 15) is 9.59 Å². The van der Waals surface area contributed by atoms with Gasteiger partial charge in [-0.25, -0.2) is 9.59 Å². The standard InChI is InChI=1S/C31H34N10O2/c1-18-16-34-27(36-18)20-5-3-7-22(13-20)38-30(42)40-24-9-10-26(25(15-24)29-32-11-12-33-29)41-31(43)39-23-8-4-6-21(14-23)28-35-17-19(2)37-28/h3-10,13-15,18-19H,11-12,16-17H2,1-2H3,(H,32,33)(H,34,36)(H,35,37)(H2,38,40,42)(H2,39,41,43). The van der Waals surface area contributed by atoms with Crippen LogP contribution in [0.4, 0.5) is 32.3 Å². The Hall–Kier alpha value is -5.39. The Labute approximate surface area is 249 Å². The minimum atomic E-state index is -0.402. The summed E-state index contributed by atoms with van der Waals surface area (Å²) < 4.78 is 0. The summed E-state index contributed by atoms with van der Waals surface area (Å²) >= 11 is 0. The summed E-state index contributed by atoms with van der Waals surface area (Å²) in [6.07, 6.45) is 0. The lowest BCUT2D eigenvalue weighted by Crippen LogP contribution is -2.28. The molecular formula is C31H34N10O2. The summed E-state index contributed by atoms with van der Waals surface area (Å²) in [5.74, 6) is 2.28. The van der Waals surface area contributed by atoms with Crippen molar-refractivity contribution in [1.29, 1.82) is 0 Å². The molecule has 0 saturated heterocycles. The molecule has 3 aromatic carbocycles. The Balaban J connectivity index is 1.13. The molecule has 0 spiro atoms. The van der Waals surface area contributed by atoms with Crippen molar-refractivity contribution in [2.75, 3.05) is 47.4 Å². The molecule has 12 nitrogen and oxygen atoms in total. The SMILES string of the molecule is CC1CN=C(c2cccc(NC(=O)Nc3ccc(NC(=O)Nc4cccc(C5=NCC(C)N5)c4)c(C4=NCCN4)c3)c2)N1. The second-order valence-corrected chi connectivity index (χ2v) is 10.7. The van der Waals surface area contributed by atoms with Crippen LogP contribution >= 0.6 is 0 Å². The molecular weight excluding hydrogens is 544 g/mol. The van der Waals surface area contributed by atoms with Gasteiger partial charge in [-0.05, 0) is 56.3 Å². The average molecular weight is 579 g/mol. The van der Waals surface area contributed by atoms with Crippen LogP contribution in [-0.4, -0.2) is 67.8 Å². The number of hydrogen-bond donors (Lipinski definition) is 7. The minimum absolute atomic E-state index is 0.286. The number of urea groups is 2. The van der Waals surface area contributed by atoms with Crippen LogP contribution in [0.2, 0.25) is 0 Å². The molecule has 2 unspecified atom stereocenters. The maximum atomic E-state index is 13.0. The summed E-state index contributed by atoms with van der Waals surface area (Å²) in [4.78, 5) is 39.5. The third kappa shape index (κ3) is 6.75. The van der Waals surface area contributed by atoms with Crippen LogP contribution in [0.5, 0.6) is 0 Å². The fourth-order valence-corrected chi connectivity index (χ4v) is 5.03. The average Bonchev–Trinajstić information content (AvgIpc) is 3.77. The topological polar surface area (TPSA) is 155 Å². The first-order valence-electron chi connectivity index (χ1n) is 14.3. The lowest BCUT2D eigenvalue weighted by molar-refractivity contribution is 0.261. The second kappa shape index (κ2) is 12.2. The van der Waals surface area contributed by atoms with Gasteiger partial charge >= 0.3 is 12.1 Å². The molecule has 3 heterocycles. The van der Waals surface area contributed by atoms with Crippen LogP contribution in [-0.2, 0) is 0 Å². The zero-order valence-electron chi connectivity index (χ0n) is 24.0. The summed E-state index contributed by atoms with van der Waals surface area (Å²) in [5.41, 5.74) is 4.87. The van der Waals surface area contributed by atoms with Gasteiger partial charge in [0, 0.05) is 52.4 Å². The lowest BCUT2D eigenvalue weighted by atomic mass is 10.1. The Morgan fingerprint density at radius 1 is 0.674 bits per heavy atom. The van der Waals surface area contributed by atoms with Gasteiger partial charge in [0.05, 0.1) is 25.3 Å². The quantitative estimate of drug-likeness (QED) is 0.227. The van der Waals surface area contributed by atoms with Crippen molar-refractivity contribution >= 4 is 52.3 Å². The molecule has 4 amide bonds. The van der Waals surface area contributed by atoms with Crippen molar-refractivity contribution in [3.05, 3.63) is 83.4 Å². The summed E-state index contributed by atoms with van der Waals surface area (Å²) in [5, 5.41) is 21.5. The summed E-state index contributed by atoms with van der Waals surface area (Å²) in [7, 11) is 0. The smallest absolute Gasteiger partial charge is 0.323 e. The van der Waals surface area contributed by atoms with Gasteiger partial charge in [-0.2, -0.15) is 0 Å². The number of hydrogen-bond acceptors (Lipinski definition) is 8. The number of rotatable bonds is 7. The fraction of sp³-hybridized carbons (Fsp3) is 0.258. The van der Waals surface area contributed by atoms with E-state index in [1.807, 2.05) is 48.5 Å². The predicted octanol–water partition coefficient (Wildman–Crippen LogP) is 3.80. The molecule has 2 atom stereocenters. The van der Waals surface area contributed by atoms with E-state index in [4.69, 9.17) is 0 Å². The number of amidine groups is 3. The highest BCUT2D eigenvalue weighted by molar-refractivity contribution is 6.11. The molecule has 6 rings (SSSR count). The van der Waals surface area contributed by atoms with Crippen LogP contribution in [0.25, 0.3) is 0 Å². The van der Waals surface area contributed by atoms with E-state index >= 15 is 0 Å². The van der Waals surface area contributed by atoms with Gasteiger partial charge in [-0.3, -0.25) is 15.0 Å². The zero-order valence-corrected chi connectivity index (χ0v) is 24.0. The Bertz CT molecular complexity index is 1650. The molecule has 0 aromatic heterocycles. The van der Waals surface area contributed by atoms with E-state index in [0.29, 0.717) is 47.2 Å². The van der Waals surface area contributed by atoms with Crippen LogP contribution < -0.4 is 37.2 Å². The number of anilines is 4. The van der Waals surface area contributed by atoms with E-state index in [0.717, 1.165) is 35.9 Å². The maximum Gasteiger partial charge on any atom is 0.323 e. The molecule has 43 heavy (non-hydrogen) atoms. The van der Waals surface area contributed by atoms with E-state index in [1.165, 1.54) is 0 Å². The molecule has 220 valence electrons. The van der Waals surface area contributed by atoms with Gasteiger partial charge in [0.1, 0.15) is 17.5 Å². The Kier molecular flexibility index (Phi) is 7.90. The molecule has 0 saturated carbocycles. The van der Waals surface area contributed by atoms with Gasteiger partial charge in [-0.15, -0.1) is 0 Å². The monoisotopic (exact) mass is 578 g/mol. The van der Waals surface area contributed by atoms with Crippen molar-refractivity contribution in [3.63, 3.8) is 0 Å². The number of amides is 4. The normalized spacial score (nSPS) is 18.8. The summed E-state index contributed by atoms with van der Waals surface area (Å²) in [6, 6.07) is 20.1. The van der Waals surface area contributed by atoms with Crippen LogP contribution in [0.1, 0.15) is 30.5 Å². The molecule has 3 aliphatic heterocycles. The lowest BCUT2D eigenvalue weighted by Gasteiger charge is -2.15. The van der Waals surface area contributed by atoms with E-state index < -0.39 is 12.1 Å². The van der Waals surface area contributed by atoms with Crippen molar-refractivity contribution in [1.82, 2.24) is 16.0 Å². The highest BCUT2D eigenvalue weighted by Gasteiger charge is 2.19. The number of carbonyl (C=O) groups is 2. The van der Waals surface area contributed by atoms with Gasteiger partial charge in [-0.1, -0.05) is 24.3 Å². The molecule has 0 fully saturated rings. The first-order valence-corrected chi connectivity index (χ1v) is 14.3. The number of aliphatic imine (C=N–C) groups is 3. The molecule has 12 heteroatoms. The van der Waals surface area contributed by atoms with Crippen molar-refractivity contribution in [3.8, 4) is 0 Å². The largest absolute Gasteiger partial charge is 0.368 e. The molecule has 3 aromatic rings. The van der Waals surface area contributed by atoms with Gasteiger partial charge < -0.3 is 37.2 Å². The Morgan fingerprint density at radius 3 is 1.74 bits per heavy atom.